The molecule has 0 aliphatic rings. The molecule has 0 atom stereocenters. The number of amides is 1. The molecule has 0 saturated heterocycles. The van der Waals surface area contributed by atoms with E-state index in [4.69, 9.17) is 4.42 Å². The van der Waals surface area contributed by atoms with E-state index in [1.807, 2.05) is 54.0 Å². The van der Waals surface area contributed by atoms with Crippen molar-refractivity contribution in [1.29, 1.82) is 0 Å². The predicted molar refractivity (Wildman–Crippen MR) is 123 cm³/mol. The topological polar surface area (TPSA) is 64.2 Å². The molecule has 0 unspecified atom stereocenters. The molecule has 0 spiro atoms. The van der Waals surface area contributed by atoms with E-state index in [-0.39, 0.29) is 11.7 Å². The van der Waals surface area contributed by atoms with Gasteiger partial charge in [-0.25, -0.2) is 0 Å². The standard InChI is InChI=1S/C24H24N4O2S/c1-17-6-9-20(10-7-17)27(14-22-5-4-12-30-22)23(29)15-31-24-26-25-16-28(24)21-11-8-18(2)19(3)13-21/h4-13,16H,14-15H2,1-3H3. The van der Waals surface area contributed by atoms with E-state index in [2.05, 4.69) is 36.2 Å². The summed E-state index contributed by atoms with van der Waals surface area (Å²) in [5.41, 5.74) is 5.39. The Labute approximate surface area is 185 Å². The van der Waals surface area contributed by atoms with Crippen molar-refractivity contribution in [2.75, 3.05) is 10.7 Å². The van der Waals surface area contributed by atoms with Crippen molar-refractivity contribution in [2.24, 2.45) is 0 Å². The maximum Gasteiger partial charge on any atom is 0.237 e. The molecule has 6 nitrogen and oxygen atoms in total. The normalized spacial score (nSPS) is 10.9. The summed E-state index contributed by atoms with van der Waals surface area (Å²) in [5.74, 6) is 0.940. The van der Waals surface area contributed by atoms with Crippen LogP contribution in [-0.2, 0) is 11.3 Å². The van der Waals surface area contributed by atoms with Gasteiger partial charge in [0.2, 0.25) is 5.91 Å². The van der Waals surface area contributed by atoms with Crippen molar-refractivity contribution in [3.8, 4) is 5.69 Å². The van der Waals surface area contributed by atoms with E-state index in [0.717, 1.165) is 22.7 Å². The molecule has 0 radical (unpaired) electrons. The van der Waals surface area contributed by atoms with Crippen LogP contribution in [0.2, 0.25) is 0 Å². The lowest BCUT2D eigenvalue weighted by molar-refractivity contribution is -0.116. The van der Waals surface area contributed by atoms with Gasteiger partial charge < -0.3 is 9.32 Å². The largest absolute Gasteiger partial charge is 0.467 e. The number of hydrogen-bond donors (Lipinski definition) is 0. The number of carbonyl (C=O) groups excluding carboxylic acids is 1. The van der Waals surface area contributed by atoms with Gasteiger partial charge in [-0.1, -0.05) is 35.5 Å². The number of carbonyl (C=O) groups is 1. The lowest BCUT2D eigenvalue weighted by atomic mass is 10.1. The van der Waals surface area contributed by atoms with Gasteiger partial charge in [0.25, 0.3) is 0 Å². The van der Waals surface area contributed by atoms with Crippen LogP contribution < -0.4 is 4.90 Å². The van der Waals surface area contributed by atoms with Crippen LogP contribution in [0.4, 0.5) is 5.69 Å². The second kappa shape index (κ2) is 9.22. The van der Waals surface area contributed by atoms with Crippen LogP contribution in [0.3, 0.4) is 0 Å². The van der Waals surface area contributed by atoms with Gasteiger partial charge in [0.15, 0.2) is 5.16 Å². The van der Waals surface area contributed by atoms with Crippen LogP contribution >= 0.6 is 11.8 Å². The molecule has 0 fully saturated rings. The third-order valence-corrected chi connectivity index (χ3v) is 6.08. The van der Waals surface area contributed by atoms with E-state index in [1.54, 1.807) is 17.5 Å². The molecule has 0 aliphatic carbocycles. The molecule has 2 aromatic heterocycles. The summed E-state index contributed by atoms with van der Waals surface area (Å²) >= 11 is 1.37. The van der Waals surface area contributed by atoms with Crippen molar-refractivity contribution in [1.82, 2.24) is 14.8 Å². The van der Waals surface area contributed by atoms with Crippen LogP contribution in [0.1, 0.15) is 22.5 Å². The number of furan rings is 1. The van der Waals surface area contributed by atoms with Gasteiger partial charge in [-0.2, -0.15) is 0 Å². The maximum atomic E-state index is 13.2. The number of anilines is 1. The third-order valence-electron chi connectivity index (χ3n) is 5.15. The number of aromatic nitrogens is 3. The Hall–Kier alpha value is -3.32. The van der Waals surface area contributed by atoms with Crippen LogP contribution in [0.15, 0.2) is 76.8 Å². The summed E-state index contributed by atoms with van der Waals surface area (Å²) in [5, 5.41) is 8.96. The zero-order valence-corrected chi connectivity index (χ0v) is 18.6. The van der Waals surface area contributed by atoms with Crippen molar-refractivity contribution in [3.05, 3.63) is 89.6 Å². The summed E-state index contributed by atoms with van der Waals surface area (Å²) in [6.45, 7) is 6.56. The number of thioether (sulfide) groups is 1. The molecule has 0 aliphatic heterocycles. The SMILES string of the molecule is Cc1ccc(N(Cc2ccco2)C(=O)CSc2nncn2-c2ccc(C)c(C)c2)cc1. The zero-order valence-electron chi connectivity index (χ0n) is 17.8. The first-order valence-electron chi connectivity index (χ1n) is 10.0. The molecule has 1 amide bonds. The van der Waals surface area contributed by atoms with Crippen molar-refractivity contribution in [2.45, 2.75) is 32.5 Å². The summed E-state index contributed by atoms with van der Waals surface area (Å²) in [6, 6.07) is 17.8. The first kappa shape index (κ1) is 20.9. The minimum atomic E-state index is -0.0279. The molecule has 7 heteroatoms. The van der Waals surface area contributed by atoms with Gasteiger partial charge in [0.05, 0.1) is 18.6 Å². The van der Waals surface area contributed by atoms with Gasteiger partial charge in [-0.3, -0.25) is 9.36 Å². The Balaban J connectivity index is 1.52. The lowest BCUT2D eigenvalue weighted by Gasteiger charge is -2.22. The van der Waals surface area contributed by atoms with Crippen LogP contribution in [0.25, 0.3) is 5.69 Å². The molecule has 0 saturated carbocycles. The summed E-state index contributed by atoms with van der Waals surface area (Å²) < 4.78 is 7.39. The fourth-order valence-electron chi connectivity index (χ4n) is 3.19. The van der Waals surface area contributed by atoms with Crippen LogP contribution in [0.5, 0.6) is 0 Å². The van der Waals surface area contributed by atoms with E-state index in [9.17, 15) is 4.79 Å². The average Bonchev–Trinajstić information content (AvgIpc) is 3.45. The molecule has 0 bridgehead atoms. The second-order valence-electron chi connectivity index (χ2n) is 7.44. The Morgan fingerprint density at radius 2 is 1.87 bits per heavy atom. The van der Waals surface area contributed by atoms with Crippen LogP contribution in [-0.4, -0.2) is 26.4 Å². The number of rotatable bonds is 7. The molecule has 31 heavy (non-hydrogen) atoms. The molecule has 4 aromatic rings. The number of hydrogen-bond acceptors (Lipinski definition) is 5. The fourth-order valence-corrected chi connectivity index (χ4v) is 3.99. The highest BCUT2D eigenvalue weighted by molar-refractivity contribution is 7.99. The number of aryl methyl sites for hydroxylation is 3. The first-order valence-corrected chi connectivity index (χ1v) is 11.0. The average molecular weight is 433 g/mol. The highest BCUT2D eigenvalue weighted by atomic mass is 32.2. The summed E-state index contributed by atoms with van der Waals surface area (Å²) in [7, 11) is 0. The van der Waals surface area contributed by atoms with Gasteiger partial charge in [-0.15, -0.1) is 10.2 Å². The van der Waals surface area contributed by atoms with Gasteiger partial charge >= 0.3 is 0 Å². The van der Waals surface area contributed by atoms with E-state index < -0.39 is 0 Å². The van der Waals surface area contributed by atoms with Crippen molar-refractivity contribution >= 4 is 23.4 Å². The Morgan fingerprint density at radius 1 is 1.06 bits per heavy atom. The zero-order chi connectivity index (χ0) is 21.8. The molecule has 2 aromatic carbocycles. The Morgan fingerprint density at radius 3 is 2.58 bits per heavy atom. The third kappa shape index (κ3) is 4.88. The smallest absolute Gasteiger partial charge is 0.237 e. The van der Waals surface area contributed by atoms with E-state index in [0.29, 0.717) is 11.7 Å². The first-order chi connectivity index (χ1) is 15.0. The van der Waals surface area contributed by atoms with Gasteiger partial charge in [-0.05, 0) is 68.3 Å². The predicted octanol–water partition coefficient (Wildman–Crippen LogP) is 5.11. The summed E-state index contributed by atoms with van der Waals surface area (Å²) in [4.78, 5) is 14.9. The van der Waals surface area contributed by atoms with Gasteiger partial charge in [0, 0.05) is 11.4 Å². The quantitative estimate of drug-likeness (QED) is 0.380. The van der Waals surface area contributed by atoms with E-state index in [1.165, 1.54) is 22.9 Å². The fraction of sp³-hybridized carbons (Fsp3) is 0.208. The second-order valence-corrected chi connectivity index (χ2v) is 8.38. The van der Waals surface area contributed by atoms with Crippen molar-refractivity contribution in [3.63, 3.8) is 0 Å². The highest BCUT2D eigenvalue weighted by Crippen LogP contribution is 2.24. The number of benzene rings is 2. The molecule has 158 valence electrons. The highest BCUT2D eigenvalue weighted by Gasteiger charge is 2.19. The Kier molecular flexibility index (Phi) is 6.23. The molecule has 2 heterocycles. The minimum absolute atomic E-state index is 0.0279. The monoisotopic (exact) mass is 432 g/mol. The Bertz CT molecular complexity index is 1170. The maximum absolute atomic E-state index is 13.2. The lowest BCUT2D eigenvalue weighted by Crippen LogP contribution is -2.31. The number of nitrogens with zero attached hydrogens (tertiary/aromatic N) is 4. The molecule has 4 rings (SSSR count). The molecule has 0 N–H and O–H groups in total. The molecular weight excluding hydrogens is 408 g/mol. The summed E-state index contributed by atoms with van der Waals surface area (Å²) in [6.07, 6.45) is 3.30. The minimum Gasteiger partial charge on any atom is -0.467 e. The van der Waals surface area contributed by atoms with Gasteiger partial charge in [0.1, 0.15) is 12.1 Å². The van der Waals surface area contributed by atoms with Crippen molar-refractivity contribution < 1.29 is 9.21 Å². The molecular formula is C24H24N4O2S. The van der Waals surface area contributed by atoms with Crippen LogP contribution in [0, 0.1) is 20.8 Å². The van der Waals surface area contributed by atoms with E-state index >= 15 is 0 Å².